The zero-order valence-corrected chi connectivity index (χ0v) is 18.8. The highest BCUT2D eigenvalue weighted by Crippen LogP contribution is 2.28. The Bertz CT molecular complexity index is 992. The van der Waals surface area contributed by atoms with Crippen molar-refractivity contribution in [1.82, 2.24) is 4.90 Å². The van der Waals surface area contributed by atoms with Crippen molar-refractivity contribution in [3.05, 3.63) is 53.6 Å². The van der Waals surface area contributed by atoms with Gasteiger partial charge in [-0.3, -0.25) is 14.5 Å². The van der Waals surface area contributed by atoms with E-state index in [0.29, 0.717) is 29.3 Å². The summed E-state index contributed by atoms with van der Waals surface area (Å²) < 4.78 is 15.2. The summed E-state index contributed by atoms with van der Waals surface area (Å²) in [6, 6.07) is 12.3. The maximum atomic E-state index is 12.7. The summed E-state index contributed by atoms with van der Waals surface area (Å²) in [6.07, 6.45) is 1.80. The minimum atomic E-state index is -0.518. The molecule has 176 valence electrons. The molecule has 1 aliphatic heterocycles. The van der Waals surface area contributed by atoms with E-state index >= 15 is 0 Å². The average Bonchev–Trinajstić information content (AvgIpc) is 2.83. The van der Waals surface area contributed by atoms with Gasteiger partial charge < -0.3 is 25.3 Å². The predicted octanol–water partition coefficient (Wildman–Crippen LogP) is 2.20. The van der Waals surface area contributed by atoms with Crippen LogP contribution in [-0.2, 0) is 20.9 Å². The zero-order chi connectivity index (χ0) is 23.8. The first-order chi connectivity index (χ1) is 15.9. The molecule has 0 spiro atoms. The molecule has 9 nitrogen and oxygen atoms in total. The number of hydrogen-bond donors (Lipinski definition) is 2. The molecule has 1 heterocycles. The number of ether oxygens (including phenoxy) is 3. The first-order valence-corrected chi connectivity index (χ1v) is 10.7. The molecule has 9 heteroatoms. The second-order valence-corrected chi connectivity index (χ2v) is 7.86. The number of carbonyl (C=O) groups excluding carboxylic acids is 3. The van der Waals surface area contributed by atoms with Crippen molar-refractivity contribution in [3.8, 4) is 11.5 Å². The Hall–Kier alpha value is -3.59. The molecule has 3 rings (SSSR count). The highest BCUT2D eigenvalue weighted by molar-refractivity contribution is 6.04. The number of rotatable bonds is 9. The normalized spacial score (nSPS) is 16.0. The third-order valence-electron chi connectivity index (χ3n) is 5.52. The number of piperidine rings is 1. The predicted molar refractivity (Wildman–Crippen MR) is 122 cm³/mol. The van der Waals surface area contributed by atoms with E-state index in [9.17, 15) is 14.4 Å². The lowest BCUT2D eigenvalue weighted by Gasteiger charge is -2.31. The lowest BCUT2D eigenvalue weighted by atomic mass is 9.97. The quantitative estimate of drug-likeness (QED) is 0.556. The smallest absolute Gasteiger partial charge is 0.343 e. The van der Waals surface area contributed by atoms with Gasteiger partial charge in [0.05, 0.1) is 20.1 Å². The van der Waals surface area contributed by atoms with Crippen LogP contribution in [0.25, 0.3) is 0 Å². The molecule has 1 saturated heterocycles. The SMILES string of the molecule is COC(=O)COc1ccc(C(=O)Nc2ccc(CN3CCCC(C(N)=O)C3)cc2)cc1OC. The Morgan fingerprint density at radius 3 is 2.52 bits per heavy atom. The largest absolute Gasteiger partial charge is 0.493 e. The highest BCUT2D eigenvalue weighted by atomic mass is 16.6. The Labute approximate surface area is 192 Å². The van der Waals surface area contributed by atoms with E-state index in [2.05, 4.69) is 15.0 Å². The molecule has 0 bridgehead atoms. The van der Waals surface area contributed by atoms with Gasteiger partial charge in [0.1, 0.15) is 0 Å². The van der Waals surface area contributed by atoms with Crippen molar-refractivity contribution in [1.29, 1.82) is 0 Å². The number of amides is 2. The Morgan fingerprint density at radius 2 is 1.85 bits per heavy atom. The van der Waals surface area contributed by atoms with Crippen LogP contribution in [0.15, 0.2) is 42.5 Å². The van der Waals surface area contributed by atoms with Crippen LogP contribution in [0.5, 0.6) is 11.5 Å². The van der Waals surface area contributed by atoms with Crippen molar-refractivity contribution in [2.45, 2.75) is 19.4 Å². The third-order valence-corrected chi connectivity index (χ3v) is 5.52. The Balaban J connectivity index is 1.59. The van der Waals surface area contributed by atoms with Gasteiger partial charge in [-0.25, -0.2) is 4.79 Å². The number of carbonyl (C=O) groups is 3. The molecule has 1 fully saturated rings. The second-order valence-electron chi connectivity index (χ2n) is 7.86. The molecule has 0 saturated carbocycles. The van der Waals surface area contributed by atoms with E-state index in [1.165, 1.54) is 14.2 Å². The number of anilines is 1. The number of nitrogens with one attached hydrogen (secondary N) is 1. The van der Waals surface area contributed by atoms with Crippen LogP contribution in [0.3, 0.4) is 0 Å². The number of likely N-dealkylation sites (tertiary alicyclic amines) is 1. The van der Waals surface area contributed by atoms with Gasteiger partial charge in [0.2, 0.25) is 5.91 Å². The summed E-state index contributed by atoms with van der Waals surface area (Å²) in [5.74, 6) is -0.488. The van der Waals surface area contributed by atoms with E-state index in [1.54, 1.807) is 18.2 Å². The molecule has 2 aromatic carbocycles. The number of hydrogen-bond acceptors (Lipinski definition) is 7. The summed E-state index contributed by atoms with van der Waals surface area (Å²) in [4.78, 5) is 37.6. The van der Waals surface area contributed by atoms with Crippen LogP contribution in [0, 0.1) is 5.92 Å². The van der Waals surface area contributed by atoms with Crippen molar-refractivity contribution in [3.63, 3.8) is 0 Å². The number of esters is 1. The van der Waals surface area contributed by atoms with Crippen LogP contribution in [0.1, 0.15) is 28.8 Å². The molecule has 0 aliphatic carbocycles. The van der Waals surface area contributed by atoms with E-state index in [0.717, 1.165) is 31.5 Å². The Morgan fingerprint density at radius 1 is 1.09 bits per heavy atom. The molecule has 1 aliphatic rings. The molecular weight excluding hydrogens is 426 g/mol. The summed E-state index contributed by atoms with van der Waals surface area (Å²) in [5, 5.41) is 2.86. The minimum Gasteiger partial charge on any atom is -0.493 e. The molecule has 0 radical (unpaired) electrons. The first kappa shape index (κ1) is 24.1. The van der Waals surface area contributed by atoms with Crippen molar-refractivity contribution < 1.29 is 28.6 Å². The van der Waals surface area contributed by atoms with Crippen molar-refractivity contribution >= 4 is 23.5 Å². The standard InChI is InChI=1S/C24H29N3O6/c1-31-21-12-17(7-10-20(21)33-15-22(28)32-2)24(30)26-19-8-5-16(6-9-19)13-27-11-3-4-18(14-27)23(25)29/h5-10,12,18H,3-4,11,13-15H2,1-2H3,(H2,25,29)(H,26,30). The summed E-state index contributed by atoms with van der Waals surface area (Å²) >= 11 is 0. The van der Waals surface area contributed by atoms with Crippen LogP contribution >= 0.6 is 0 Å². The van der Waals surface area contributed by atoms with Crippen LogP contribution in [0.4, 0.5) is 5.69 Å². The van der Waals surface area contributed by atoms with Gasteiger partial charge in [0.25, 0.3) is 5.91 Å². The highest BCUT2D eigenvalue weighted by Gasteiger charge is 2.23. The lowest BCUT2D eigenvalue weighted by molar-refractivity contribution is -0.142. The molecule has 1 atom stereocenters. The van der Waals surface area contributed by atoms with Gasteiger partial charge in [-0.05, 0) is 55.3 Å². The first-order valence-electron chi connectivity index (χ1n) is 10.7. The number of benzene rings is 2. The molecule has 0 aromatic heterocycles. The van der Waals surface area contributed by atoms with Crippen LogP contribution in [-0.4, -0.2) is 56.6 Å². The van der Waals surface area contributed by atoms with Gasteiger partial charge >= 0.3 is 5.97 Å². The number of methoxy groups -OCH3 is 2. The lowest BCUT2D eigenvalue weighted by Crippen LogP contribution is -2.40. The van der Waals surface area contributed by atoms with E-state index in [-0.39, 0.29) is 24.3 Å². The summed E-state index contributed by atoms with van der Waals surface area (Å²) in [6.45, 7) is 2.08. The molecule has 33 heavy (non-hydrogen) atoms. The molecule has 2 amide bonds. The fourth-order valence-corrected chi connectivity index (χ4v) is 3.71. The Kier molecular flexibility index (Phi) is 8.26. The van der Waals surface area contributed by atoms with Gasteiger partial charge in [-0.2, -0.15) is 0 Å². The van der Waals surface area contributed by atoms with Gasteiger partial charge in [0.15, 0.2) is 18.1 Å². The van der Waals surface area contributed by atoms with Crippen LogP contribution in [0.2, 0.25) is 0 Å². The van der Waals surface area contributed by atoms with E-state index in [1.807, 2.05) is 24.3 Å². The topological polar surface area (TPSA) is 120 Å². The third kappa shape index (κ3) is 6.69. The van der Waals surface area contributed by atoms with Crippen molar-refractivity contribution in [2.24, 2.45) is 11.7 Å². The number of nitrogens with two attached hydrogens (primary N) is 1. The van der Waals surface area contributed by atoms with Gasteiger partial charge in [0, 0.05) is 24.3 Å². The maximum absolute atomic E-state index is 12.7. The van der Waals surface area contributed by atoms with Crippen molar-refractivity contribution in [2.75, 3.05) is 39.2 Å². The second kappa shape index (κ2) is 11.3. The molecule has 2 aromatic rings. The monoisotopic (exact) mass is 455 g/mol. The number of primary amides is 1. The zero-order valence-electron chi connectivity index (χ0n) is 18.8. The summed E-state index contributed by atoms with van der Waals surface area (Å²) in [7, 11) is 2.73. The maximum Gasteiger partial charge on any atom is 0.343 e. The van der Waals surface area contributed by atoms with Gasteiger partial charge in [-0.15, -0.1) is 0 Å². The van der Waals surface area contributed by atoms with Crippen LogP contribution < -0.4 is 20.5 Å². The average molecular weight is 456 g/mol. The minimum absolute atomic E-state index is 0.0912. The molecule has 3 N–H and O–H groups in total. The van der Waals surface area contributed by atoms with E-state index < -0.39 is 5.97 Å². The van der Waals surface area contributed by atoms with Gasteiger partial charge in [-0.1, -0.05) is 12.1 Å². The molecule has 1 unspecified atom stereocenters. The number of nitrogens with zero attached hydrogens (tertiary/aromatic N) is 1. The molecular formula is C24H29N3O6. The summed E-state index contributed by atoms with van der Waals surface area (Å²) in [5.41, 5.74) is 7.58. The fourth-order valence-electron chi connectivity index (χ4n) is 3.71. The fraction of sp³-hybridized carbons (Fsp3) is 0.375. The van der Waals surface area contributed by atoms with E-state index in [4.69, 9.17) is 15.2 Å².